The fraction of sp³-hybridized carbons (Fsp3) is 0.323. The van der Waals surface area contributed by atoms with E-state index in [9.17, 15) is 39.9 Å². The third-order valence-corrected chi connectivity index (χ3v) is 8.37. The average Bonchev–Trinajstić information content (AvgIpc) is 2.89. The van der Waals surface area contributed by atoms with Gasteiger partial charge in [0, 0.05) is 36.8 Å². The van der Waals surface area contributed by atoms with E-state index < -0.39 is 63.8 Å². The van der Waals surface area contributed by atoms with E-state index in [1.165, 1.54) is 17.0 Å². The lowest BCUT2D eigenvalue weighted by Gasteiger charge is -2.50. The molecule has 1 amide bonds. The second-order valence-corrected chi connectivity index (χ2v) is 11.3. The van der Waals surface area contributed by atoms with E-state index in [4.69, 9.17) is 5.73 Å². The number of Topliss-reactive ketones (excluding diaryl/α,β-unsaturated/α-hetero) is 2. The van der Waals surface area contributed by atoms with Crippen LogP contribution in [-0.2, 0) is 16.0 Å². The lowest BCUT2D eigenvalue weighted by molar-refractivity contribution is -0.148. The molecule has 11 heteroatoms. The molecule has 0 aliphatic heterocycles. The van der Waals surface area contributed by atoms with Crippen molar-refractivity contribution in [3.05, 3.63) is 75.3 Å². The van der Waals surface area contributed by atoms with E-state index in [0.29, 0.717) is 16.8 Å². The van der Waals surface area contributed by atoms with Crippen LogP contribution in [0.25, 0.3) is 0 Å². The molecular weight excluding hydrogens is 542 g/mol. The molecule has 0 unspecified atom stereocenters. The number of primary amides is 1. The first kappa shape index (κ1) is 28.7. The molecule has 2 aromatic carbocycles. The summed E-state index contributed by atoms with van der Waals surface area (Å²) in [7, 11) is 6.69. The molecule has 5 rings (SSSR count). The van der Waals surface area contributed by atoms with Crippen LogP contribution in [0.1, 0.15) is 33.5 Å². The van der Waals surface area contributed by atoms with E-state index in [1.807, 2.05) is 0 Å². The van der Waals surface area contributed by atoms with Crippen molar-refractivity contribution in [2.75, 3.05) is 33.1 Å². The van der Waals surface area contributed by atoms with Gasteiger partial charge in [-0.3, -0.25) is 19.3 Å². The van der Waals surface area contributed by atoms with Crippen LogP contribution in [0, 0.1) is 23.7 Å². The summed E-state index contributed by atoms with van der Waals surface area (Å²) in [5, 5.41) is 55.2. The smallest absolute Gasteiger partial charge is 0.255 e. The second kappa shape index (κ2) is 9.94. The SMILES string of the molecule is CN(C)c1cc(C#Cc2cccc(O)c2)c(O)c2c1C[C@@H]1C[C@@H]3[C@@H](N(C)C)C(O)=C(C(N)=O)C(=O)[C@]3(O)C(O)=C1C2=O. The molecular formula is C31H31N3O8. The maximum atomic E-state index is 14.1. The molecule has 3 aliphatic carbocycles. The number of carbonyl (C=O) groups is 3. The minimum Gasteiger partial charge on any atom is -0.510 e. The van der Waals surface area contributed by atoms with Crippen LogP contribution >= 0.6 is 0 Å². The predicted molar refractivity (Wildman–Crippen MR) is 152 cm³/mol. The fourth-order valence-corrected chi connectivity index (χ4v) is 6.52. The summed E-state index contributed by atoms with van der Waals surface area (Å²) < 4.78 is 0. The number of aliphatic hydroxyl groups is 3. The fourth-order valence-electron chi connectivity index (χ4n) is 6.52. The van der Waals surface area contributed by atoms with Gasteiger partial charge in [-0.05, 0) is 62.7 Å². The van der Waals surface area contributed by atoms with Gasteiger partial charge in [0.05, 0.1) is 17.2 Å². The molecule has 0 spiro atoms. The number of benzene rings is 2. The Morgan fingerprint density at radius 2 is 1.74 bits per heavy atom. The Bertz CT molecular complexity index is 1690. The lowest BCUT2D eigenvalue weighted by Crippen LogP contribution is -2.63. The Morgan fingerprint density at radius 3 is 2.33 bits per heavy atom. The highest BCUT2D eigenvalue weighted by atomic mass is 16.3. The van der Waals surface area contributed by atoms with E-state index in [2.05, 4.69) is 11.8 Å². The molecule has 11 nitrogen and oxygen atoms in total. The van der Waals surface area contributed by atoms with Crippen molar-refractivity contribution < 1.29 is 39.9 Å². The zero-order chi connectivity index (χ0) is 30.8. The molecule has 4 atom stereocenters. The van der Waals surface area contributed by atoms with Crippen molar-refractivity contribution in [3.63, 3.8) is 0 Å². The van der Waals surface area contributed by atoms with E-state index in [1.54, 1.807) is 51.3 Å². The average molecular weight is 574 g/mol. The molecule has 0 fully saturated rings. The predicted octanol–water partition coefficient (Wildman–Crippen LogP) is 1.29. The molecule has 0 aromatic heterocycles. The van der Waals surface area contributed by atoms with E-state index >= 15 is 0 Å². The highest BCUT2D eigenvalue weighted by molar-refractivity contribution is 6.25. The molecule has 0 heterocycles. The summed E-state index contributed by atoms with van der Waals surface area (Å²) in [6.45, 7) is 0. The number of rotatable bonds is 3. The zero-order valence-corrected chi connectivity index (χ0v) is 23.5. The van der Waals surface area contributed by atoms with Gasteiger partial charge in [0.1, 0.15) is 28.6 Å². The monoisotopic (exact) mass is 573 g/mol. The normalized spacial score (nSPS) is 25.0. The molecule has 0 radical (unpaired) electrons. The van der Waals surface area contributed by atoms with Gasteiger partial charge in [0.25, 0.3) is 5.91 Å². The maximum Gasteiger partial charge on any atom is 0.255 e. The van der Waals surface area contributed by atoms with Crippen LogP contribution in [0.4, 0.5) is 5.69 Å². The number of nitrogens with zero attached hydrogens (tertiary/aromatic N) is 2. The number of aliphatic hydroxyl groups excluding tert-OH is 2. The number of carbonyl (C=O) groups excluding carboxylic acids is 3. The van der Waals surface area contributed by atoms with Crippen molar-refractivity contribution >= 4 is 23.2 Å². The third kappa shape index (κ3) is 4.10. The van der Waals surface area contributed by atoms with Crippen LogP contribution in [0.2, 0.25) is 0 Å². The van der Waals surface area contributed by atoms with Gasteiger partial charge < -0.3 is 36.2 Å². The lowest BCUT2D eigenvalue weighted by atomic mass is 9.58. The quantitative estimate of drug-likeness (QED) is 0.231. The Balaban J connectivity index is 1.71. The first-order valence-corrected chi connectivity index (χ1v) is 13.2. The van der Waals surface area contributed by atoms with Crippen LogP contribution in [0.15, 0.2) is 53.0 Å². The Kier molecular flexibility index (Phi) is 6.80. The first-order valence-electron chi connectivity index (χ1n) is 13.2. The number of fused-ring (bicyclic) bond motifs is 3. The van der Waals surface area contributed by atoms with Crippen molar-refractivity contribution in [2.24, 2.45) is 17.6 Å². The molecule has 2 aromatic rings. The Labute approximate surface area is 241 Å². The van der Waals surface area contributed by atoms with Gasteiger partial charge in [0.15, 0.2) is 11.4 Å². The summed E-state index contributed by atoms with van der Waals surface area (Å²) in [6, 6.07) is 6.80. The van der Waals surface area contributed by atoms with Crippen molar-refractivity contribution in [1.82, 2.24) is 4.90 Å². The highest BCUT2D eigenvalue weighted by Crippen LogP contribution is 2.53. The molecule has 7 N–H and O–H groups in total. The minimum absolute atomic E-state index is 0.00154. The number of phenolic OH excluding ortho intramolecular Hbond substituents is 2. The number of likely N-dealkylation sites (N-methyl/N-ethyl adjacent to an activating group) is 1. The standard InChI is InChI=1S/C31H31N3O8/c1-33(2)20-13-15(9-8-14-6-5-7-17(35)10-14)25(36)22-18(20)11-16-12-19-24(34(3)4)27(38)23(30(32)41)29(40)31(19,42)28(39)21(16)26(22)37/h5-7,10,13,16,19,24,35-36,38-39,42H,11-12H2,1-4H3,(H2,32,41)/t16-,19-,24-,31-/m1/s1. The van der Waals surface area contributed by atoms with E-state index in [0.717, 1.165) is 0 Å². The van der Waals surface area contributed by atoms with Gasteiger partial charge in [-0.25, -0.2) is 0 Å². The van der Waals surface area contributed by atoms with E-state index in [-0.39, 0.29) is 35.3 Å². The number of aromatic hydroxyl groups is 2. The molecule has 3 aliphatic rings. The summed E-state index contributed by atoms with van der Waals surface area (Å²) in [5.74, 6) is -1.41. The summed E-state index contributed by atoms with van der Waals surface area (Å²) in [5.41, 5.74) is 3.13. The van der Waals surface area contributed by atoms with Crippen LogP contribution in [-0.4, -0.2) is 87.7 Å². The first-order chi connectivity index (χ1) is 19.7. The van der Waals surface area contributed by atoms with Crippen molar-refractivity contribution in [1.29, 1.82) is 0 Å². The topological polar surface area (TPSA) is 185 Å². The van der Waals surface area contributed by atoms with Gasteiger partial charge in [0.2, 0.25) is 5.78 Å². The number of nitrogens with two attached hydrogens (primary N) is 1. The van der Waals surface area contributed by atoms with Gasteiger partial charge in [-0.1, -0.05) is 17.9 Å². The zero-order valence-electron chi connectivity index (χ0n) is 23.5. The van der Waals surface area contributed by atoms with Gasteiger partial charge in [-0.15, -0.1) is 0 Å². The summed E-state index contributed by atoms with van der Waals surface area (Å²) in [6.07, 6.45) is 0.161. The number of amides is 1. The van der Waals surface area contributed by atoms with Crippen molar-refractivity contribution in [2.45, 2.75) is 24.5 Å². The Hall–Kier alpha value is -4.79. The Morgan fingerprint density at radius 1 is 1.05 bits per heavy atom. The maximum absolute atomic E-state index is 14.1. The van der Waals surface area contributed by atoms with Crippen LogP contribution in [0.3, 0.4) is 0 Å². The number of hydrogen-bond acceptors (Lipinski definition) is 10. The second-order valence-electron chi connectivity index (χ2n) is 11.3. The van der Waals surface area contributed by atoms with Crippen molar-refractivity contribution in [3.8, 4) is 23.3 Å². The number of hydrogen-bond donors (Lipinski definition) is 6. The largest absolute Gasteiger partial charge is 0.510 e. The van der Waals surface area contributed by atoms with Gasteiger partial charge >= 0.3 is 0 Å². The highest BCUT2D eigenvalue weighted by Gasteiger charge is 2.63. The number of anilines is 1. The van der Waals surface area contributed by atoms with Crippen LogP contribution < -0.4 is 10.6 Å². The number of ketones is 2. The molecule has 42 heavy (non-hydrogen) atoms. The van der Waals surface area contributed by atoms with Gasteiger partial charge in [-0.2, -0.15) is 0 Å². The molecule has 218 valence electrons. The molecule has 0 saturated carbocycles. The molecule has 0 bridgehead atoms. The summed E-state index contributed by atoms with van der Waals surface area (Å²) >= 11 is 0. The third-order valence-electron chi connectivity index (χ3n) is 8.37. The number of phenols is 2. The summed E-state index contributed by atoms with van der Waals surface area (Å²) in [4.78, 5) is 43.0. The minimum atomic E-state index is -2.71. The number of allylic oxidation sites excluding steroid dienone is 1. The van der Waals surface area contributed by atoms with Crippen LogP contribution in [0.5, 0.6) is 11.5 Å². The molecule has 0 saturated heterocycles.